The summed E-state index contributed by atoms with van der Waals surface area (Å²) in [6.07, 6.45) is 0. The van der Waals surface area contributed by atoms with Gasteiger partial charge in [0, 0.05) is 19.6 Å². The van der Waals surface area contributed by atoms with E-state index in [4.69, 9.17) is 4.74 Å². The smallest absolute Gasteiger partial charge is 0.160 e. The molecule has 0 saturated heterocycles. The van der Waals surface area contributed by atoms with E-state index >= 15 is 0 Å². The number of phenols is 1. The molecule has 3 nitrogen and oxygen atoms in total. The minimum absolute atomic E-state index is 0.170. The van der Waals surface area contributed by atoms with Gasteiger partial charge in [-0.25, -0.2) is 0 Å². The van der Waals surface area contributed by atoms with Crippen LogP contribution < -0.4 is 4.74 Å². The molecule has 0 amide bonds. The molecule has 3 aromatic rings. The number of hydrogen-bond acceptors (Lipinski definition) is 3. The molecule has 0 aliphatic rings. The first kappa shape index (κ1) is 17.1. The van der Waals surface area contributed by atoms with Crippen molar-refractivity contribution in [2.45, 2.75) is 19.6 Å². The van der Waals surface area contributed by atoms with Crippen LogP contribution in [0.15, 0.2) is 78.9 Å². The highest BCUT2D eigenvalue weighted by Gasteiger charge is 2.10. The highest BCUT2D eigenvalue weighted by molar-refractivity contribution is 5.41. The molecule has 3 rings (SSSR count). The monoisotopic (exact) mass is 333 g/mol. The van der Waals surface area contributed by atoms with Gasteiger partial charge in [-0.15, -0.1) is 0 Å². The third-order valence-electron chi connectivity index (χ3n) is 4.15. The van der Waals surface area contributed by atoms with Gasteiger partial charge in [-0.2, -0.15) is 0 Å². The number of methoxy groups -OCH3 is 1. The summed E-state index contributed by atoms with van der Waals surface area (Å²) in [4.78, 5) is 2.39. The number of benzene rings is 3. The lowest BCUT2D eigenvalue weighted by atomic mass is 10.1. The van der Waals surface area contributed by atoms with Crippen LogP contribution in [0.25, 0.3) is 0 Å². The van der Waals surface area contributed by atoms with Crippen LogP contribution in [-0.2, 0) is 19.6 Å². The summed E-state index contributed by atoms with van der Waals surface area (Å²) < 4.78 is 5.24. The molecule has 0 fully saturated rings. The second-order valence-electron chi connectivity index (χ2n) is 6.12. The van der Waals surface area contributed by atoms with E-state index in [9.17, 15) is 5.11 Å². The molecule has 0 aliphatic heterocycles. The lowest BCUT2D eigenvalue weighted by molar-refractivity contribution is 0.247. The average Bonchev–Trinajstić information content (AvgIpc) is 2.65. The molecule has 0 radical (unpaired) electrons. The molecular formula is C22H23NO2. The number of phenolic OH excluding ortho intramolecular Hbond substituents is 1. The first-order chi connectivity index (χ1) is 12.2. The van der Waals surface area contributed by atoms with Crippen molar-refractivity contribution in [3.63, 3.8) is 0 Å². The Morgan fingerprint density at radius 2 is 1.24 bits per heavy atom. The zero-order valence-corrected chi connectivity index (χ0v) is 14.4. The van der Waals surface area contributed by atoms with Gasteiger partial charge in [-0.1, -0.05) is 66.7 Å². The molecular weight excluding hydrogens is 310 g/mol. The van der Waals surface area contributed by atoms with Gasteiger partial charge in [0.15, 0.2) is 11.5 Å². The Morgan fingerprint density at radius 1 is 0.720 bits per heavy atom. The van der Waals surface area contributed by atoms with Crippen LogP contribution in [0.5, 0.6) is 11.5 Å². The van der Waals surface area contributed by atoms with E-state index in [1.54, 1.807) is 13.2 Å². The quantitative estimate of drug-likeness (QED) is 0.686. The van der Waals surface area contributed by atoms with Gasteiger partial charge in [-0.3, -0.25) is 4.90 Å². The van der Waals surface area contributed by atoms with Crippen LogP contribution in [-0.4, -0.2) is 17.1 Å². The van der Waals surface area contributed by atoms with Crippen molar-refractivity contribution in [1.82, 2.24) is 4.90 Å². The maximum Gasteiger partial charge on any atom is 0.160 e. The SMILES string of the molecule is COc1cc(CN(Cc2ccccc2)Cc2ccccc2)ccc1O. The fourth-order valence-corrected chi connectivity index (χ4v) is 2.93. The first-order valence-electron chi connectivity index (χ1n) is 8.40. The summed E-state index contributed by atoms with van der Waals surface area (Å²) in [6.45, 7) is 2.50. The second-order valence-corrected chi connectivity index (χ2v) is 6.12. The fourth-order valence-electron chi connectivity index (χ4n) is 2.93. The van der Waals surface area contributed by atoms with Gasteiger partial charge in [0.25, 0.3) is 0 Å². The number of nitrogens with zero attached hydrogens (tertiary/aromatic N) is 1. The van der Waals surface area contributed by atoms with Crippen molar-refractivity contribution in [3.8, 4) is 11.5 Å². The summed E-state index contributed by atoms with van der Waals surface area (Å²) in [5.41, 5.74) is 3.68. The standard InChI is InChI=1S/C22H23NO2/c1-25-22-14-20(12-13-21(22)24)17-23(15-18-8-4-2-5-9-18)16-19-10-6-3-7-11-19/h2-14,24H,15-17H2,1H3. The molecule has 128 valence electrons. The minimum Gasteiger partial charge on any atom is -0.504 e. The third-order valence-corrected chi connectivity index (χ3v) is 4.15. The summed E-state index contributed by atoms with van der Waals surface area (Å²) in [6, 6.07) is 26.5. The van der Waals surface area contributed by atoms with Crippen molar-refractivity contribution < 1.29 is 9.84 Å². The van der Waals surface area contributed by atoms with E-state index in [0.717, 1.165) is 25.2 Å². The van der Waals surface area contributed by atoms with Crippen molar-refractivity contribution in [2.24, 2.45) is 0 Å². The lowest BCUT2D eigenvalue weighted by Crippen LogP contribution is -2.22. The predicted molar refractivity (Wildman–Crippen MR) is 100 cm³/mol. The minimum atomic E-state index is 0.170. The molecule has 0 atom stereocenters. The van der Waals surface area contributed by atoms with Crippen LogP contribution in [0.1, 0.15) is 16.7 Å². The molecule has 3 aromatic carbocycles. The summed E-state index contributed by atoms with van der Waals surface area (Å²) in [7, 11) is 1.57. The normalized spacial score (nSPS) is 10.8. The zero-order valence-electron chi connectivity index (χ0n) is 14.4. The highest BCUT2D eigenvalue weighted by atomic mass is 16.5. The lowest BCUT2D eigenvalue weighted by Gasteiger charge is -2.23. The zero-order chi connectivity index (χ0) is 17.5. The average molecular weight is 333 g/mol. The van der Waals surface area contributed by atoms with Gasteiger partial charge < -0.3 is 9.84 Å². The largest absolute Gasteiger partial charge is 0.504 e. The molecule has 0 bridgehead atoms. The Morgan fingerprint density at radius 3 is 1.76 bits per heavy atom. The number of rotatable bonds is 7. The first-order valence-corrected chi connectivity index (χ1v) is 8.40. The Labute approximate surface area is 149 Å². The molecule has 1 N–H and O–H groups in total. The Kier molecular flexibility index (Phi) is 5.70. The molecule has 0 aromatic heterocycles. The second kappa shape index (κ2) is 8.36. The summed E-state index contributed by atoms with van der Waals surface area (Å²) in [5.74, 6) is 0.681. The van der Waals surface area contributed by atoms with Crippen LogP contribution in [0.3, 0.4) is 0 Å². The molecule has 0 heterocycles. The summed E-state index contributed by atoms with van der Waals surface area (Å²) >= 11 is 0. The van der Waals surface area contributed by atoms with Gasteiger partial charge >= 0.3 is 0 Å². The van der Waals surface area contributed by atoms with E-state index < -0.39 is 0 Å². The molecule has 0 spiro atoms. The molecule has 0 saturated carbocycles. The van der Waals surface area contributed by atoms with Crippen LogP contribution in [0.4, 0.5) is 0 Å². The van der Waals surface area contributed by atoms with Gasteiger partial charge in [-0.05, 0) is 28.8 Å². The maximum atomic E-state index is 9.80. The fraction of sp³-hybridized carbons (Fsp3) is 0.182. The van der Waals surface area contributed by atoms with Gasteiger partial charge in [0.1, 0.15) is 0 Å². The Hall–Kier alpha value is -2.78. The van der Waals surface area contributed by atoms with Gasteiger partial charge in [0.05, 0.1) is 7.11 Å². The molecule has 0 unspecified atom stereocenters. The molecule has 25 heavy (non-hydrogen) atoms. The van der Waals surface area contributed by atoms with E-state index in [1.807, 2.05) is 24.3 Å². The molecule has 3 heteroatoms. The highest BCUT2D eigenvalue weighted by Crippen LogP contribution is 2.27. The number of hydrogen-bond donors (Lipinski definition) is 1. The Balaban J connectivity index is 1.80. The van der Waals surface area contributed by atoms with Gasteiger partial charge in [0.2, 0.25) is 0 Å². The van der Waals surface area contributed by atoms with Crippen molar-refractivity contribution in [2.75, 3.05) is 7.11 Å². The van der Waals surface area contributed by atoms with E-state index in [0.29, 0.717) is 5.75 Å². The topological polar surface area (TPSA) is 32.7 Å². The van der Waals surface area contributed by atoms with Crippen LogP contribution in [0.2, 0.25) is 0 Å². The summed E-state index contributed by atoms with van der Waals surface area (Å²) in [5, 5.41) is 9.80. The predicted octanol–water partition coefficient (Wildman–Crippen LogP) is 4.60. The number of aromatic hydroxyl groups is 1. The van der Waals surface area contributed by atoms with Crippen LogP contribution in [0, 0.1) is 0 Å². The van der Waals surface area contributed by atoms with E-state index in [2.05, 4.69) is 53.4 Å². The van der Waals surface area contributed by atoms with Crippen molar-refractivity contribution >= 4 is 0 Å². The number of ether oxygens (including phenoxy) is 1. The van der Waals surface area contributed by atoms with E-state index in [-0.39, 0.29) is 5.75 Å². The van der Waals surface area contributed by atoms with Crippen molar-refractivity contribution in [3.05, 3.63) is 95.6 Å². The third kappa shape index (κ3) is 4.85. The Bertz CT molecular complexity index is 746. The van der Waals surface area contributed by atoms with E-state index in [1.165, 1.54) is 11.1 Å². The maximum absolute atomic E-state index is 9.80. The van der Waals surface area contributed by atoms with Crippen molar-refractivity contribution in [1.29, 1.82) is 0 Å². The molecule has 0 aliphatic carbocycles. The van der Waals surface area contributed by atoms with Crippen LogP contribution >= 0.6 is 0 Å².